The van der Waals surface area contributed by atoms with Gasteiger partial charge in [-0.25, -0.2) is 9.48 Å². The van der Waals surface area contributed by atoms with Gasteiger partial charge in [0.05, 0.1) is 22.6 Å². The van der Waals surface area contributed by atoms with Crippen molar-refractivity contribution in [2.45, 2.75) is 25.2 Å². The van der Waals surface area contributed by atoms with Crippen LogP contribution in [-0.2, 0) is 0 Å². The lowest BCUT2D eigenvalue weighted by atomic mass is 9.80. The van der Waals surface area contributed by atoms with Crippen LogP contribution in [0.15, 0.2) is 84.9 Å². The lowest BCUT2D eigenvalue weighted by Crippen LogP contribution is -2.08. The van der Waals surface area contributed by atoms with Crippen LogP contribution in [-0.4, -0.2) is 20.9 Å². The lowest BCUT2D eigenvalue weighted by Gasteiger charge is -2.25. The Labute approximate surface area is 175 Å². The van der Waals surface area contributed by atoms with Crippen molar-refractivity contribution in [3.63, 3.8) is 0 Å². The van der Waals surface area contributed by atoms with E-state index in [9.17, 15) is 9.90 Å². The minimum Gasteiger partial charge on any atom is -0.478 e. The van der Waals surface area contributed by atoms with Crippen molar-refractivity contribution in [1.82, 2.24) is 9.78 Å². The first kappa shape index (κ1) is 18.4. The average molecular weight is 394 g/mol. The van der Waals surface area contributed by atoms with Gasteiger partial charge in [-0.3, -0.25) is 0 Å². The van der Waals surface area contributed by atoms with Crippen molar-refractivity contribution in [3.8, 4) is 28.2 Å². The second kappa shape index (κ2) is 7.64. The van der Waals surface area contributed by atoms with Crippen molar-refractivity contribution >= 4 is 5.97 Å². The highest BCUT2D eigenvalue weighted by molar-refractivity contribution is 5.88. The van der Waals surface area contributed by atoms with E-state index >= 15 is 0 Å². The minimum atomic E-state index is -0.947. The zero-order chi connectivity index (χ0) is 20.5. The van der Waals surface area contributed by atoms with Gasteiger partial charge in [0.1, 0.15) is 0 Å². The Morgan fingerprint density at radius 2 is 1.63 bits per heavy atom. The average Bonchev–Trinajstić information content (AvgIpc) is 3.19. The number of aromatic nitrogens is 2. The van der Waals surface area contributed by atoms with Gasteiger partial charge >= 0.3 is 5.97 Å². The van der Waals surface area contributed by atoms with Crippen LogP contribution in [0.3, 0.4) is 0 Å². The van der Waals surface area contributed by atoms with Gasteiger partial charge in [0.25, 0.3) is 0 Å². The fourth-order valence-corrected chi connectivity index (χ4v) is 3.97. The van der Waals surface area contributed by atoms with Crippen LogP contribution in [0.5, 0.6) is 0 Å². The van der Waals surface area contributed by atoms with Crippen molar-refractivity contribution in [2.75, 3.05) is 0 Å². The molecule has 1 aromatic heterocycles. The van der Waals surface area contributed by atoms with E-state index in [4.69, 9.17) is 5.10 Å². The maximum Gasteiger partial charge on any atom is 0.335 e. The second-order valence-corrected chi connectivity index (χ2v) is 7.80. The molecule has 0 saturated heterocycles. The summed E-state index contributed by atoms with van der Waals surface area (Å²) in [5, 5.41) is 14.3. The second-order valence-electron chi connectivity index (χ2n) is 7.80. The Morgan fingerprint density at radius 3 is 2.30 bits per heavy atom. The van der Waals surface area contributed by atoms with Crippen LogP contribution < -0.4 is 0 Å². The van der Waals surface area contributed by atoms with Crippen LogP contribution >= 0.6 is 0 Å². The highest BCUT2D eigenvalue weighted by atomic mass is 16.4. The predicted molar refractivity (Wildman–Crippen MR) is 118 cm³/mol. The van der Waals surface area contributed by atoms with Crippen LogP contribution in [0.25, 0.3) is 28.2 Å². The van der Waals surface area contributed by atoms with Crippen molar-refractivity contribution in [2.24, 2.45) is 0 Å². The summed E-state index contributed by atoms with van der Waals surface area (Å²) < 4.78 is 1.83. The number of benzene rings is 3. The van der Waals surface area contributed by atoms with Gasteiger partial charge in [-0.1, -0.05) is 67.1 Å². The van der Waals surface area contributed by atoms with E-state index in [2.05, 4.69) is 30.3 Å². The summed E-state index contributed by atoms with van der Waals surface area (Å²) in [5.74, 6) is -0.243. The zero-order valence-corrected chi connectivity index (χ0v) is 16.5. The largest absolute Gasteiger partial charge is 0.478 e. The molecule has 0 atom stereocenters. The maximum absolute atomic E-state index is 11.5. The first-order chi connectivity index (χ1) is 14.7. The summed E-state index contributed by atoms with van der Waals surface area (Å²) in [7, 11) is 0. The molecule has 4 aromatic rings. The van der Waals surface area contributed by atoms with Crippen LogP contribution in [0, 0.1) is 0 Å². The number of nitrogens with zero attached hydrogens (tertiary/aromatic N) is 2. The van der Waals surface area contributed by atoms with Crippen molar-refractivity contribution < 1.29 is 9.90 Å². The predicted octanol–water partition coefficient (Wildman–Crippen LogP) is 6.17. The molecule has 30 heavy (non-hydrogen) atoms. The molecular weight excluding hydrogens is 372 g/mol. The van der Waals surface area contributed by atoms with Gasteiger partial charge in [-0.15, -0.1) is 0 Å². The lowest BCUT2D eigenvalue weighted by molar-refractivity contribution is 0.0697. The van der Waals surface area contributed by atoms with Gasteiger partial charge in [0, 0.05) is 11.1 Å². The van der Waals surface area contributed by atoms with Gasteiger partial charge < -0.3 is 5.11 Å². The number of hydrogen-bond donors (Lipinski definition) is 1. The fraction of sp³-hybridized carbons (Fsp3) is 0.154. The number of aromatic carboxylic acids is 1. The Balaban J connectivity index is 1.60. The molecule has 0 aliphatic heterocycles. The summed E-state index contributed by atoms with van der Waals surface area (Å²) >= 11 is 0. The molecule has 1 aliphatic rings. The summed E-state index contributed by atoms with van der Waals surface area (Å²) in [6.07, 6.45) is 3.89. The summed E-state index contributed by atoms with van der Waals surface area (Å²) in [4.78, 5) is 11.5. The molecule has 148 valence electrons. The molecule has 4 nitrogen and oxygen atoms in total. The molecule has 0 amide bonds. The summed E-state index contributed by atoms with van der Waals surface area (Å²) in [6, 6.07) is 27.7. The maximum atomic E-state index is 11.5. The number of carbonyl (C=O) groups is 1. The van der Waals surface area contributed by atoms with Crippen LogP contribution in [0.2, 0.25) is 0 Å². The molecule has 5 rings (SSSR count). The summed E-state index contributed by atoms with van der Waals surface area (Å²) in [5.41, 5.74) is 6.26. The van der Waals surface area contributed by atoms with Gasteiger partial charge in [0.15, 0.2) is 0 Å². The molecule has 3 aromatic carbocycles. The van der Waals surface area contributed by atoms with E-state index in [1.54, 1.807) is 18.2 Å². The Kier molecular flexibility index (Phi) is 4.68. The molecule has 4 heteroatoms. The van der Waals surface area contributed by atoms with E-state index in [0.717, 1.165) is 28.2 Å². The highest BCUT2D eigenvalue weighted by Crippen LogP contribution is 2.37. The molecule has 0 radical (unpaired) electrons. The normalized spacial score (nSPS) is 13.7. The number of carboxylic acid groups (broad SMARTS) is 1. The Morgan fingerprint density at radius 1 is 0.867 bits per heavy atom. The number of hydrogen-bond acceptors (Lipinski definition) is 2. The van der Waals surface area contributed by atoms with Crippen LogP contribution in [0.4, 0.5) is 0 Å². The van der Waals surface area contributed by atoms with Crippen LogP contribution in [0.1, 0.15) is 41.1 Å². The first-order valence-corrected chi connectivity index (χ1v) is 10.3. The molecule has 1 heterocycles. The van der Waals surface area contributed by atoms with E-state index < -0.39 is 5.97 Å². The first-order valence-electron chi connectivity index (χ1n) is 10.3. The monoisotopic (exact) mass is 394 g/mol. The fourth-order valence-electron chi connectivity index (χ4n) is 3.97. The number of rotatable bonds is 5. The number of carboxylic acids is 1. The smallest absolute Gasteiger partial charge is 0.335 e. The third-order valence-electron chi connectivity index (χ3n) is 5.90. The molecule has 1 N–H and O–H groups in total. The van der Waals surface area contributed by atoms with E-state index in [-0.39, 0.29) is 5.56 Å². The minimum absolute atomic E-state index is 0.244. The molecule has 1 saturated carbocycles. The third kappa shape index (κ3) is 3.41. The summed E-state index contributed by atoms with van der Waals surface area (Å²) in [6.45, 7) is 0. The Bertz CT molecular complexity index is 1190. The Hall–Kier alpha value is -3.66. The van der Waals surface area contributed by atoms with E-state index in [1.807, 2.05) is 41.1 Å². The SMILES string of the molecule is O=C(O)c1cccc(-n2nc(-c3ccc(C4CCC4)cc3)cc2-c2ccccc2)c1. The van der Waals surface area contributed by atoms with Gasteiger partial charge in [0.2, 0.25) is 0 Å². The van der Waals surface area contributed by atoms with Crippen molar-refractivity contribution in [1.29, 1.82) is 0 Å². The quantitative estimate of drug-likeness (QED) is 0.440. The third-order valence-corrected chi connectivity index (χ3v) is 5.90. The topological polar surface area (TPSA) is 55.1 Å². The van der Waals surface area contributed by atoms with E-state index in [0.29, 0.717) is 5.92 Å². The highest BCUT2D eigenvalue weighted by Gasteiger charge is 2.20. The molecule has 1 fully saturated rings. The van der Waals surface area contributed by atoms with Crippen molar-refractivity contribution in [3.05, 3.63) is 96.1 Å². The zero-order valence-electron chi connectivity index (χ0n) is 16.5. The molecule has 0 bridgehead atoms. The molecule has 1 aliphatic carbocycles. The standard InChI is InChI=1S/C26H22N2O2/c29-26(30)22-10-5-11-23(16-22)28-25(21-6-2-1-3-7-21)17-24(27-28)20-14-12-19(13-15-20)18-8-4-9-18/h1-3,5-7,10-18H,4,8-9H2,(H,29,30). The van der Waals surface area contributed by atoms with E-state index in [1.165, 1.54) is 24.8 Å². The van der Waals surface area contributed by atoms with Gasteiger partial charge in [-0.2, -0.15) is 5.10 Å². The molecule has 0 unspecified atom stereocenters. The molecular formula is C26H22N2O2. The van der Waals surface area contributed by atoms with Gasteiger partial charge in [-0.05, 0) is 48.6 Å². The molecule has 0 spiro atoms.